The predicted molar refractivity (Wildman–Crippen MR) is 121 cm³/mol. The summed E-state index contributed by atoms with van der Waals surface area (Å²) in [7, 11) is -4.21. The number of anilines is 1. The molecule has 1 amide bonds. The quantitative estimate of drug-likeness (QED) is 0.534. The van der Waals surface area contributed by atoms with Crippen molar-refractivity contribution in [2.24, 2.45) is 0 Å². The van der Waals surface area contributed by atoms with E-state index in [4.69, 9.17) is 10.1 Å². The van der Waals surface area contributed by atoms with E-state index in [0.717, 1.165) is 27.8 Å². The summed E-state index contributed by atoms with van der Waals surface area (Å²) in [5.74, 6) is 0. The van der Waals surface area contributed by atoms with Gasteiger partial charge in [0.25, 0.3) is 10.0 Å². The van der Waals surface area contributed by atoms with Crippen LogP contribution in [0.3, 0.4) is 0 Å². The van der Waals surface area contributed by atoms with Gasteiger partial charge in [0.15, 0.2) is 0 Å². The summed E-state index contributed by atoms with van der Waals surface area (Å²) in [6, 6.07) is 14.2. The number of benzene rings is 2. The van der Waals surface area contributed by atoms with Crippen LogP contribution in [0.25, 0.3) is 0 Å². The van der Waals surface area contributed by atoms with Crippen molar-refractivity contribution < 1.29 is 28.3 Å². The Bertz CT molecular complexity index is 1130. The predicted octanol–water partition coefficient (Wildman–Crippen LogP) is 3.28. The number of aliphatic hydroxyl groups excluding tert-OH is 1. The van der Waals surface area contributed by atoms with Gasteiger partial charge in [0, 0.05) is 5.69 Å². The summed E-state index contributed by atoms with van der Waals surface area (Å²) >= 11 is 0. The highest BCUT2D eigenvalue weighted by Gasteiger charge is 2.33. The molecule has 0 spiro atoms. The lowest BCUT2D eigenvalue weighted by molar-refractivity contribution is -0.142. The first-order chi connectivity index (χ1) is 15.7. The van der Waals surface area contributed by atoms with Gasteiger partial charge in [0.1, 0.15) is 0 Å². The van der Waals surface area contributed by atoms with E-state index in [1.54, 1.807) is 18.2 Å². The standard InChI is InChI=1S/C23H27N3O6S/c1-17-6-4-8-19(12-17)25(23(28)29)15-20(27)16-26(32-21-9-2-3-10-21)33(30,31)22-11-5-7-18(13-22)14-24/h4-8,11-13,20-21,27H,2-3,9-10,15-16H2,1H3,(H,28,29). The van der Waals surface area contributed by atoms with Gasteiger partial charge in [-0.3, -0.25) is 9.74 Å². The molecule has 3 rings (SSSR count). The van der Waals surface area contributed by atoms with Crippen molar-refractivity contribution in [3.8, 4) is 6.07 Å². The van der Waals surface area contributed by atoms with E-state index in [2.05, 4.69) is 0 Å². The van der Waals surface area contributed by atoms with E-state index >= 15 is 0 Å². The van der Waals surface area contributed by atoms with Gasteiger partial charge in [-0.2, -0.15) is 5.26 Å². The number of hydroxylamine groups is 1. The maximum Gasteiger partial charge on any atom is 0.411 e. The molecular formula is C23H27N3O6S. The fraction of sp³-hybridized carbons (Fsp3) is 0.391. The topological polar surface area (TPSA) is 131 Å². The third kappa shape index (κ3) is 6.30. The first-order valence-electron chi connectivity index (χ1n) is 10.7. The molecule has 33 heavy (non-hydrogen) atoms. The van der Waals surface area contributed by atoms with E-state index in [1.165, 1.54) is 24.3 Å². The number of hydrogen-bond donors (Lipinski definition) is 2. The molecule has 1 aliphatic carbocycles. The smallest absolute Gasteiger partial charge is 0.411 e. The van der Waals surface area contributed by atoms with Gasteiger partial charge in [0.2, 0.25) is 0 Å². The van der Waals surface area contributed by atoms with Gasteiger partial charge < -0.3 is 10.2 Å². The number of carbonyl (C=O) groups is 1. The van der Waals surface area contributed by atoms with Crippen molar-refractivity contribution in [3.63, 3.8) is 0 Å². The van der Waals surface area contributed by atoms with E-state index in [9.17, 15) is 23.4 Å². The largest absolute Gasteiger partial charge is 0.465 e. The van der Waals surface area contributed by atoms with Crippen LogP contribution in [0, 0.1) is 18.3 Å². The van der Waals surface area contributed by atoms with Gasteiger partial charge in [-0.1, -0.05) is 35.5 Å². The average molecular weight is 474 g/mol. The van der Waals surface area contributed by atoms with Gasteiger partial charge in [-0.15, -0.1) is 0 Å². The number of nitrogens with zero attached hydrogens (tertiary/aromatic N) is 3. The van der Waals surface area contributed by atoms with Crippen LogP contribution in [-0.2, 0) is 14.9 Å². The number of amides is 1. The molecule has 0 heterocycles. The van der Waals surface area contributed by atoms with Gasteiger partial charge in [-0.25, -0.2) is 13.2 Å². The fourth-order valence-corrected chi connectivity index (χ4v) is 5.10. The summed E-state index contributed by atoms with van der Waals surface area (Å²) < 4.78 is 27.4. The van der Waals surface area contributed by atoms with Crippen molar-refractivity contribution in [2.75, 3.05) is 18.0 Å². The molecule has 1 atom stereocenters. The molecule has 2 aromatic carbocycles. The van der Waals surface area contributed by atoms with Gasteiger partial charge in [-0.05, 0) is 55.7 Å². The monoisotopic (exact) mass is 473 g/mol. The molecule has 1 unspecified atom stereocenters. The second-order valence-corrected chi connectivity index (χ2v) is 9.86. The van der Waals surface area contributed by atoms with E-state index in [-0.39, 0.29) is 23.1 Å². The van der Waals surface area contributed by atoms with Crippen LogP contribution in [0.1, 0.15) is 36.8 Å². The van der Waals surface area contributed by atoms with Crippen molar-refractivity contribution in [3.05, 3.63) is 59.7 Å². The molecular weight excluding hydrogens is 446 g/mol. The van der Waals surface area contributed by atoms with Crippen molar-refractivity contribution in [1.29, 1.82) is 5.26 Å². The lowest BCUT2D eigenvalue weighted by atomic mass is 10.2. The number of nitriles is 1. The molecule has 176 valence electrons. The molecule has 1 fully saturated rings. The first-order valence-corrected chi connectivity index (χ1v) is 12.1. The Morgan fingerprint density at radius 2 is 1.88 bits per heavy atom. The zero-order chi connectivity index (χ0) is 24.0. The number of aryl methyl sites for hydroxylation is 1. The Hall–Kier alpha value is -2.97. The molecule has 0 aliphatic heterocycles. The average Bonchev–Trinajstić information content (AvgIpc) is 3.30. The first kappa shape index (κ1) is 24.7. The van der Waals surface area contributed by atoms with Crippen LogP contribution in [0.5, 0.6) is 0 Å². The normalized spacial score (nSPS) is 15.3. The zero-order valence-electron chi connectivity index (χ0n) is 18.3. The third-order valence-electron chi connectivity index (χ3n) is 5.40. The van der Waals surface area contributed by atoms with Crippen molar-refractivity contribution >= 4 is 21.8 Å². The van der Waals surface area contributed by atoms with Crippen LogP contribution < -0.4 is 4.90 Å². The molecule has 1 saturated carbocycles. The summed E-state index contributed by atoms with van der Waals surface area (Å²) in [4.78, 5) is 18.4. The van der Waals surface area contributed by atoms with Crippen LogP contribution >= 0.6 is 0 Å². The Kier molecular flexibility index (Phi) is 8.05. The second-order valence-electron chi connectivity index (χ2n) is 8.03. The minimum Gasteiger partial charge on any atom is -0.465 e. The van der Waals surface area contributed by atoms with E-state index in [0.29, 0.717) is 18.5 Å². The number of carboxylic acid groups (broad SMARTS) is 1. The Morgan fingerprint density at radius 1 is 1.18 bits per heavy atom. The Labute approximate surface area is 193 Å². The highest BCUT2D eigenvalue weighted by Crippen LogP contribution is 2.26. The minimum absolute atomic E-state index is 0.138. The molecule has 0 bridgehead atoms. The maximum absolute atomic E-state index is 13.3. The second kappa shape index (κ2) is 10.8. The summed E-state index contributed by atoms with van der Waals surface area (Å²) in [5.41, 5.74) is 1.39. The molecule has 1 aliphatic rings. The fourth-order valence-electron chi connectivity index (χ4n) is 3.73. The molecule has 0 saturated heterocycles. The van der Waals surface area contributed by atoms with Crippen molar-refractivity contribution in [2.45, 2.75) is 49.7 Å². The van der Waals surface area contributed by atoms with E-state index < -0.39 is 28.8 Å². The number of sulfonamides is 1. The SMILES string of the molecule is Cc1cccc(N(CC(O)CN(OC2CCCC2)S(=O)(=O)c2cccc(C#N)c2)C(=O)O)c1. The molecule has 0 aromatic heterocycles. The number of aliphatic hydroxyl groups is 1. The summed E-state index contributed by atoms with van der Waals surface area (Å²) in [5, 5.41) is 29.5. The Balaban J connectivity index is 1.84. The highest BCUT2D eigenvalue weighted by molar-refractivity contribution is 7.89. The van der Waals surface area contributed by atoms with Crippen molar-refractivity contribution in [1.82, 2.24) is 4.47 Å². The molecule has 2 N–H and O–H groups in total. The minimum atomic E-state index is -4.21. The van der Waals surface area contributed by atoms with Crippen LogP contribution in [-0.4, -0.2) is 54.5 Å². The summed E-state index contributed by atoms with van der Waals surface area (Å²) in [6.07, 6.45) is 0.231. The van der Waals surface area contributed by atoms with Crippen LogP contribution in [0.15, 0.2) is 53.4 Å². The van der Waals surface area contributed by atoms with Gasteiger partial charge in [0.05, 0.1) is 41.8 Å². The van der Waals surface area contributed by atoms with E-state index in [1.807, 2.05) is 19.1 Å². The van der Waals surface area contributed by atoms with Crippen LogP contribution in [0.4, 0.5) is 10.5 Å². The summed E-state index contributed by atoms with van der Waals surface area (Å²) in [6.45, 7) is 1.00. The lowest BCUT2D eigenvalue weighted by Crippen LogP contribution is -2.45. The molecule has 2 aromatic rings. The number of rotatable bonds is 9. The maximum atomic E-state index is 13.3. The molecule has 10 heteroatoms. The Morgan fingerprint density at radius 3 is 2.52 bits per heavy atom. The lowest BCUT2D eigenvalue weighted by Gasteiger charge is -2.29. The number of hydrogen-bond acceptors (Lipinski definition) is 6. The van der Waals surface area contributed by atoms with Crippen LogP contribution in [0.2, 0.25) is 0 Å². The third-order valence-corrected chi connectivity index (χ3v) is 7.02. The van der Waals surface area contributed by atoms with Gasteiger partial charge >= 0.3 is 6.09 Å². The molecule has 0 radical (unpaired) electrons. The zero-order valence-corrected chi connectivity index (χ0v) is 19.1. The highest BCUT2D eigenvalue weighted by atomic mass is 32.2. The molecule has 9 nitrogen and oxygen atoms in total.